The highest BCUT2D eigenvalue weighted by Gasteiger charge is 2.20. The maximum atomic E-state index is 14.4. The van der Waals surface area contributed by atoms with E-state index in [1.54, 1.807) is 18.2 Å². The van der Waals surface area contributed by atoms with Gasteiger partial charge < -0.3 is 15.6 Å². The third-order valence-electron chi connectivity index (χ3n) is 5.09. The van der Waals surface area contributed by atoms with Gasteiger partial charge in [-0.3, -0.25) is 4.79 Å². The molecule has 3 aromatic rings. The molecule has 0 aliphatic carbocycles. The van der Waals surface area contributed by atoms with E-state index in [9.17, 15) is 13.6 Å². The zero-order valence-electron chi connectivity index (χ0n) is 15.1. The van der Waals surface area contributed by atoms with Gasteiger partial charge in [-0.05, 0) is 66.9 Å². The molecule has 7 heteroatoms. The molecule has 1 amide bonds. The summed E-state index contributed by atoms with van der Waals surface area (Å²) in [5, 5.41) is 7.16. The molecule has 3 N–H and O–H groups in total. The van der Waals surface area contributed by atoms with Crippen LogP contribution in [0.1, 0.15) is 18.4 Å². The number of halogens is 3. The number of amides is 1. The molecule has 1 aromatic heterocycles. The van der Waals surface area contributed by atoms with Crippen LogP contribution in [0, 0.1) is 11.6 Å². The number of carbonyl (C=O) groups excluding carboxylic acids is 1. The van der Waals surface area contributed by atoms with Crippen LogP contribution < -0.4 is 10.6 Å². The Hall–Kier alpha value is -2.44. The second-order valence-electron chi connectivity index (χ2n) is 7.05. The average Bonchev–Trinajstić information content (AvgIpc) is 3.28. The normalized spacial score (nSPS) is 16.6. The molecule has 0 bridgehead atoms. The molecule has 2 heterocycles. The van der Waals surface area contributed by atoms with Gasteiger partial charge in [0.25, 0.3) is 0 Å². The lowest BCUT2D eigenvalue weighted by Crippen LogP contribution is -2.36. The molecule has 1 saturated heterocycles. The van der Waals surface area contributed by atoms with Gasteiger partial charge in [0.15, 0.2) is 0 Å². The summed E-state index contributed by atoms with van der Waals surface area (Å²) in [5.41, 5.74) is 2.52. The lowest BCUT2D eigenvalue weighted by Gasteiger charge is -2.11. The Morgan fingerprint density at radius 2 is 2.00 bits per heavy atom. The van der Waals surface area contributed by atoms with Crippen LogP contribution in [-0.4, -0.2) is 30.0 Å². The highest BCUT2D eigenvalue weighted by atomic mass is 35.5. The van der Waals surface area contributed by atoms with Crippen LogP contribution in [0.15, 0.2) is 36.4 Å². The van der Waals surface area contributed by atoms with E-state index >= 15 is 0 Å². The molecular weight excluding hydrogens is 384 g/mol. The van der Waals surface area contributed by atoms with Gasteiger partial charge in [-0.1, -0.05) is 11.6 Å². The van der Waals surface area contributed by atoms with E-state index in [1.807, 2.05) is 0 Å². The van der Waals surface area contributed by atoms with Gasteiger partial charge in [0.1, 0.15) is 11.6 Å². The van der Waals surface area contributed by atoms with Gasteiger partial charge in [-0.15, -0.1) is 0 Å². The Balaban J connectivity index is 1.66. The summed E-state index contributed by atoms with van der Waals surface area (Å²) in [4.78, 5) is 15.5. The maximum Gasteiger partial charge on any atom is 0.220 e. The van der Waals surface area contributed by atoms with Gasteiger partial charge in [0, 0.05) is 35.1 Å². The summed E-state index contributed by atoms with van der Waals surface area (Å²) >= 11 is 6.06. The molecule has 146 valence electrons. The summed E-state index contributed by atoms with van der Waals surface area (Å²) in [7, 11) is 0. The smallest absolute Gasteiger partial charge is 0.220 e. The average molecular weight is 404 g/mol. The second kappa shape index (κ2) is 7.89. The van der Waals surface area contributed by atoms with Gasteiger partial charge in [0.2, 0.25) is 5.91 Å². The van der Waals surface area contributed by atoms with Crippen LogP contribution in [-0.2, 0) is 11.2 Å². The predicted octanol–water partition coefficient (Wildman–Crippen LogP) is 4.18. The Morgan fingerprint density at radius 3 is 2.71 bits per heavy atom. The monoisotopic (exact) mass is 403 g/mol. The van der Waals surface area contributed by atoms with Gasteiger partial charge >= 0.3 is 0 Å². The molecule has 28 heavy (non-hydrogen) atoms. The molecule has 0 radical (unpaired) electrons. The first-order chi connectivity index (χ1) is 13.5. The fourth-order valence-corrected chi connectivity index (χ4v) is 3.92. The summed E-state index contributed by atoms with van der Waals surface area (Å²) in [6, 6.07) is 9.07. The first-order valence-electron chi connectivity index (χ1n) is 9.27. The zero-order valence-corrected chi connectivity index (χ0v) is 15.9. The summed E-state index contributed by atoms with van der Waals surface area (Å²) in [6.45, 7) is 1.68. The highest BCUT2D eigenvalue weighted by molar-refractivity contribution is 6.31. The Labute approximate surface area is 166 Å². The number of H-pyrrole nitrogens is 1. The van der Waals surface area contributed by atoms with Crippen LogP contribution in [0.25, 0.3) is 22.2 Å². The summed E-state index contributed by atoms with van der Waals surface area (Å²) in [6.07, 6.45) is 1.60. The van der Waals surface area contributed by atoms with E-state index < -0.39 is 5.82 Å². The van der Waals surface area contributed by atoms with Gasteiger partial charge in [-0.2, -0.15) is 0 Å². The molecule has 0 saturated carbocycles. The van der Waals surface area contributed by atoms with Crippen LogP contribution in [0.2, 0.25) is 5.02 Å². The molecule has 1 atom stereocenters. The van der Waals surface area contributed by atoms with E-state index in [4.69, 9.17) is 11.6 Å². The highest BCUT2D eigenvalue weighted by Crippen LogP contribution is 2.34. The molecular formula is C21H20ClF2N3O. The lowest BCUT2D eigenvalue weighted by molar-refractivity contribution is -0.121. The topological polar surface area (TPSA) is 56.9 Å². The van der Waals surface area contributed by atoms with Crippen molar-refractivity contribution >= 4 is 28.4 Å². The number of carbonyl (C=O) groups is 1. The van der Waals surface area contributed by atoms with Crippen molar-refractivity contribution < 1.29 is 13.6 Å². The number of aromatic amines is 1. The fraction of sp³-hybridized carbons (Fsp3) is 0.286. The first-order valence-corrected chi connectivity index (χ1v) is 9.64. The van der Waals surface area contributed by atoms with Crippen molar-refractivity contribution in [1.82, 2.24) is 15.6 Å². The fourth-order valence-electron chi connectivity index (χ4n) is 3.71. The number of hydrogen-bond acceptors (Lipinski definition) is 2. The minimum atomic E-state index is -0.460. The minimum absolute atomic E-state index is 0.0457. The zero-order chi connectivity index (χ0) is 19.7. The van der Waals surface area contributed by atoms with Crippen molar-refractivity contribution in [3.63, 3.8) is 0 Å². The Morgan fingerprint density at radius 1 is 1.21 bits per heavy atom. The van der Waals surface area contributed by atoms with Crippen LogP contribution >= 0.6 is 11.6 Å². The first kappa shape index (κ1) is 18.9. The number of nitrogens with one attached hydrogen (secondary N) is 3. The van der Waals surface area contributed by atoms with E-state index in [0.29, 0.717) is 23.0 Å². The minimum Gasteiger partial charge on any atom is -0.352 e. The predicted molar refractivity (Wildman–Crippen MR) is 106 cm³/mol. The largest absolute Gasteiger partial charge is 0.352 e. The Kier molecular flexibility index (Phi) is 5.33. The van der Waals surface area contributed by atoms with Crippen molar-refractivity contribution in [3.8, 4) is 11.3 Å². The molecule has 0 unspecified atom stereocenters. The van der Waals surface area contributed by atoms with Gasteiger partial charge in [-0.25, -0.2) is 8.78 Å². The second-order valence-corrected chi connectivity index (χ2v) is 7.49. The molecule has 1 aliphatic heterocycles. The van der Waals surface area contributed by atoms with Gasteiger partial charge in [0.05, 0.1) is 5.52 Å². The summed E-state index contributed by atoms with van der Waals surface area (Å²) < 4.78 is 27.8. The number of aromatic nitrogens is 1. The van der Waals surface area contributed by atoms with E-state index in [0.717, 1.165) is 30.6 Å². The number of rotatable bonds is 5. The molecule has 4 nitrogen and oxygen atoms in total. The number of aryl methyl sites for hydroxylation is 1. The van der Waals surface area contributed by atoms with E-state index in [-0.39, 0.29) is 29.2 Å². The van der Waals surface area contributed by atoms with Crippen molar-refractivity contribution in [2.24, 2.45) is 0 Å². The number of benzene rings is 2. The number of fused-ring (bicyclic) bond motifs is 1. The van der Waals surface area contributed by atoms with Crippen molar-refractivity contribution in [2.75, 3.05) is 13.1 Å². The summed E-state index contributed by atoms with van der Waals surface area (Å²) in [5.74, 6) is -0.852. The molecule has 2 aromatic carbocycles. The van der Waals surface area contributed by atoms with E-state index in [2.05, 4.69) is 15.6 Å². The Bertz CT molecular complexity index is 1010. The third kappa shape index (κ3) is 3.88. The van der Waals surface area contributed by atoms with Crippen molar-refractivity contribution in [3.05, 3.63) is 58.6 Å². The molecule has 0 spiro atoms. The molecule has 1 aliphatic rings. The van der Waals surface area contributed by atoms with Crippen molar-refractivity contribution in [2.45, 2.75) is 25.3 Å². The van der Waals surface area contributed by atoms with Crippen LogP contribution in [0.5, 0.6) is 0 Å². The van der Waals surface area contributed by atoms with E-state index in [1.165, 1.54) is 18.2 Å². The van der Waals surface area contributed by atoms with Crippen molar-refractivity contribution in [1.29, 1.82) is 0 Å². The van der Waals surface area contributed by atoms with Crippen LogP contribution in [0.3, 0.4) is 0 Å². The number of hydrogen-bond donors (Lipinski definition) is 3. The standard InChI is InChI=1S/C21H20ClF2N3O/c22-13-9-17-16(5-6-19(28)26-15-7-8-25-11-15)20(27-21(17)18(24)10-13)12-1-3-14(23)4-2-12/h1-4,9-10,15,25,27H,5-8,11H2,(H,26,28)/t15-/m1/s1. The molecule has 1 fully saturated rings. The van der Waals surface area contributed by atoms with Crippen LogP contribution in [0.4, 0.5) is 8.78 Å². The lowest BCUT2D eigenvalue weighted by atomic mass is 10.0. The SMILES string of the molecule is O=C(CCc1c(-c2ccc(F)cc2)[nH]c2c(F)cc(Cl)cc12)N[C@@H]1CCNC1. The quantitative estimate of drug-likeness (QED) is 0.598. The third-order valence-corrected chi connectivity index (χ3v) is 5.31. The molecule has 4 rings (SSSR count). The maximum absolute atomic E-state index is 14.4.